The van der Waals surface area contributed by atoms with Crippen molar-refractivity contribution in [3.05, 3.63) is 54.2 Å². The Morgan fingerprint density at radius 1 is 1.33 bits per heavy atom. The van der Waals surface area contributed by atoms with Crippen LogP contribution in [0.4, 0.5) is 0 Å². The number of carbonyl (C=O) groups excluding carboxylic acids is 1. The fourth-order valence-corrected chi connectivity index (χ4v) is 2.74. The van der Waals surface area contributed by atoms with Gasteiger partial charge >= 0.3 is 0 Å². The predicted octanol–water partition coefficient (Wildman–Crippen LogP) is 1.90. The fraction of sp³-hybridized carbons (Fsp3) is 0.294. The predicted molar refractivity (Wildman–Crippen MR) is 87.0 cm³/mol. The van der Waals surface area contributed by atoms with Crippen LogP contribution in [0.15, 0.2) is 43.0 Å². The van der Waals surface area contributed by atoms with Crippen LogP contribution in [0.5, 0.6) is 0 Å². The third-order valence-corrected chi connectivity index (χ3v) is 3.98. The summed E-state index contributed by atoms with van der Waals surface area (Å²) < 4.78 is 1.92. The van der Waals surface area contributed by atoms with Crippen LogP contribution >= 0.6 is 0 Å². The van der Waals surface area contributed by atoms with E-state index in [0.717, 1.165) is 11.3 Å². The van der Waals surface area contributed by atoms with Crippen LogP contribution < -0.4 is 0 Å². The van der Waals surface area contributed by atoms with Crippen molar-refractivity contribution in [3.63, 3.8) is 0 Å². The zero-order chi connectivity index (χ0) is 16.5. The largest absolute Gasteiger partial charge is 0.309 e. The third-order valence-electron chi connectivity index (χ3n) is 3.98. The van der Waals surface area contributed by atoms with Gasteiger partial charge in [-0.05, 0) is 18.2 Å². The molecule has 1 atom stereocenters. The van der Waals surface area contributed by atoms with Gasteiger partial charge in [0.1, 0.15) is 5.52 Å². The van der Waals surface area contributed by atoms with E-state index in [1.54, 1.807) is 24.8 Å². The lowest BCUT2D eigenvalue weighted by Crippen LogP contribution is -2.27. The molecular formula is C17H17N5O2. The number of amides is 1. The summed E-state index contributed by atoms with van der Waals surface area (Å²) >= 11 is 0. The van der Waals surface area contributed by atoms with Crippen molar-refractivity contribution in [2.45, 2.75) is 13.5 Å². The van der Waals surface area contributed by atoms with Gasteiger partial charge in [0.15, 0.2) is 5.65 Å². The zero-order valence-corrected chi connectivity index (χ0v) is 13.3. The van der Waals surface area contributed by atoms with E-state index in [4.69, 9.17) is 4.84 Å². The maximum Gasteiger partial charge on any atom is 0.279 e. The lowest BCUT2D eigenvalue weighted by molar-refractivity contribution is -0.0772. The quantitative estimate of drug-likeness (QED) is 0.736. The maximum atomic E-state index is 12.5. The van der Waals surface area contributed by atoms with E-state index >= 15 is 0 Å². The number of hydrogen-bond acceptors (Lipinski definition) is 5. The normalized spacial score (nSPS) is 17.5. The number of pyridine rings is 2. The van der Waals surface area contributed by atoms with Gasteiger partial charge in [-0.15, -0.1) is 0 Å². The number of aromatic nitrogens is 4. The number of fused-ring (bicyclic) bond motifs is 1. The van der Waals surface area contributed by atoms with Gasteiger partial charge in [-0.25, -0.2) is 15.0 Å². The Balaban J connectivity index is 1.60. The molecule has 0 N–H and O–H groups in total. The summed E-state index contributed by atoms with van der Waals surface area (Å²) in [5, 5.41) is 1.40. The monoisotopic (exact) mass is 323 g/mol. The molecule has 0 saturated carbocycles. The molecule has 1 unspecified atom stereocenters. The molecule has 0 aromatic carbocycles. The molecule has 3 aromatic heterocycles. The van der Waals surface area contributed by atoms with Crippen LogP contribution in [-0.4, -0.2) is 43.6 Å². The summed E-state index contributed by atoms with van der Waals surface area (Å²) in [5.41, 5.74) is 2.83. The van der Waals surface area contributed by atoms with E-state index in [9.17, 15) is 4.79 Å². The molecule has 0 spiro atoms. The highest BCUT2D eigenvalue weighted by molar-refractivity contribution is 5.95. The Kier molecular flexibility index (Phi) is 3.70. The number of carbonyl (C=O) groups is 1. The minimum atomic E-state index is -0.173. The highest BCUT2D eigenvalue weighted by Gasteiger charge is 2.26. The van der Waals surface area contributed by atoms with Crippen molar-refractivity contribution in [1.29, 1.82) is 0 Å². The Morgan fingerprint density at radius 3 is 3.00 bits per heavy atom. The second-order valence-electron chi connectivity index (χ2n) is 6.03. The first-order valence-corrected chi connectivity index (χ1v) is 7.86. The number of imidazole rings is 1. The first-order valence-electron chi connectivity index (χ1n) is 7.86. The third kappa shape index (κ3) is 2.74. The highest BCUT2D eigenvalue weighted by atomic mass is 16.7. The van der Waals surface area contributed by atoms with Crippen molar-refractivity contribution in [2.75, 3.05) is 13.2 Å². The van der Waals surface area contributed by atoms with Crippen LogP contribution in [0.3, 0.4) is 0 Å². The van der Waals surface area contributed by atoms with Gasteiger partial charge in [0.2, 0.25) is 0 Å². The number of nitrogens with zero attached hydrogens (tertiary/aromatic N) is 5. The van der Waals surface area contributed by atoms with Crippen molar-refractivity contribution in [1.82, 2.24) is 24.6 Å². The minimum absolute atomic E-state index is 0.173. The molecule has 4 heterocycles. The topological polar surface area (TPSA) is 73.1 Å². The van der Waals surface area contributed by atoms with Gasteiger partial charge in [-0.3, -0.25) is 14.6 Å². The molecule has 3 aromatic rings. The van der Waals surface area contributed by atoms with Gasteiger partial charge in [0.05, 0.1) is 37.3 Å². The van der Waals surface area contributed by atoms with Crippen molar-refractivity contribution in [2.24, 2.45) is 5.92 Å². The van der Waals surface area contributed by atoms with Crippen LogP contribution in [0.1, 0.15) is 23.0 Å². The molecule has 0 aliphatic carbocycles. The van der Waals surface area contributed by atoms with Crippen molar-refractivity contribution >= 4 is 17.1 Å². The summed E-state index contributed by atoms with van der Waals surface area (Å²) in [4.78, 5) is 30.9. The number of hydrogen-bond donors (Lipinski definition) is 0. The second-order valence-corrected chi connectivity index (χ2v) is 6.03. The molecule has 1 fully saturated rings. The smallest absolute Gasteiger partial charge is 0.279 e. The molecule has 122 valence electrons. The Bertz CT molecular complexity index is 877. The Labute approximate surface area is 138 Å². The van der Waals surface area contributed by atoms with Gasteiger partial charge < -0.3 is 4.57 Å². The molecule has 0 bridgehead atoms. The Morgan fingerprint density at radius 2 is 2.25 bits per heavy atom. The summed E-state index contributed by atoms with van der Waals surface area (Å²) in [6.07, 6.45) is 5.05. The van der Waals surface area contributed by atoms with Gasteiger partial charge in [0, 0.05) is 18.3 Å². The van der Waals surface area contributed by atoms with Gasteiger partial charge in [-0.2, -0.15) is 0 Å². The number of rotatable bonds is 3. The summed E-state index contributed by atoms with van der Waals surface area (Å²) in [6.45, 7) is 3.81. The second kappa shape index (κ2) is 6.01. The van der Waals surface area contributed by atoms with E-state index in [1.165, 1.54) is 5.06 Å². The molecule has 7 heteroatoms. The molecule has 1 aliphatic rings. The summed E-state index contributed by atoms with van der Waals surface area (Å²) in [7, 11) is 0. The van der Waals surface area contributed by atoms with E-state index in [1.807, 2.05) is 29.7 Å². The van der Waals surface area contributed by atoms with Crippen LogP contribution in [-0.2, 0) is 11.4 Å². The molecule has 24 heavy (non-hydrogen) atoms. The van der Waals surface area contributed by atoms with Crippen molar-refractivity contribution in [3.8, 4) is 0 Å². The summed E-state index contributed by atoms with van der Waals surface area (Å²) in [6, 6.07) is 7.54. The average Bonchev–Trinajstić information content (AvgIpc) is 3.21. The first kappa shape index (κ1) is 14.8. The lowest BCUT2D eigenvalue weighted by atomic mass is 10.2. The standard InChI is InChI=1S/C17H17N5O2/c1-12-8-22(24-10-12)17(23)13-6-15-16(19-7-13)21(11-20-15)9-14-4-2-3-5-18-14/h2-7,11-12H,8-10H2,1H3. The lowest BCUT2D eigenvalue weighted by Gasteiger charge is -2.13. The molecule has 1 aliphatic heterocycles. The van der Waals surface area contributed by atoms with E-state index in [0.29, 0.717) is 36.7 Å². The zero-order valence-electron chi connectivity index (χ0n) is 13.3. The SMILES string of the molecule is CC1CON(C(=O)c2cnc3c(c2)ncn3Cc2ccccn2)C1. The molecule has 0 radical (unpaired) electrons. The van der Waals surface area contributed by atoms with E-state index in [2.05, 4.69) is 15.0 Å². The van der Waals surface area contributed by atoms with Gasteiger partial charge in [0.25, 0.3) is 5.91 Å². The molecule has 4 rings (SSSR count). The maximum absolute atomic E-state index is 12.5. The minimum Gasteiger partial charge on any atom is -0.309 e. The van der Waals surface area contributed by atoms with E-state index < -0.39 is 0 Å². The average molecular weight is 323 g/mol. The fourth-order valence-electron chi connectivity index (χ4n) is 2.74. The highest BCUT2D eigenvalue weighted by Crippen LogP contribution is 2.18. The summed E-state index contributed by atoms with van der Waals surface area (Å²) in [5.74, 6) is 0.177. The van der Waals surface area contributed by atoms with Gasteiger partial charge in [-0.1, -0.05) is 13.0 Å². The van der Waals surface area contributed by atoms with Crippen LogP contribution in [0.2, 0.25) is 0 Å². The number of hydroxylamine groups is 2. The first-order chi connectivity index (χ1) is 11.7. The van der Waals surface area contributed by atoms with Crippen LogP contribution in [0.25, 0.3) is 11.2 Å². The molecule has 1 amide bonds. The van der Waals surface area contributed by atoms with Crippen molar-refractivity contribution < 1.29 is 9.63 Å². The molecule has 7 nitrogen and oxygen atoms in total. The van der Waals surface area contributed by atoms with E-state index in [-0.39, 0.29) is 5.91 Å². The van der Waals surface area contributed by atoms with Crippen LogP contribution in [0, 0.1) is 5.92 Å². The molecular weight excluding hydrogens is 306 g/mol. The molecule has 1 saturated heterocycles. The Hall–Kier alpha value is -2.80.